The molecule has 0 unspecified atom stereocenters. The number of aliphatic hydroxyl groups is 1. The van der Waals surface area contributed by atoms with Gasteiger partial charge in [-0.15, -0.1) is 0 Å². The van der Waals surface area contributed by atoms with E-state index in [1.165, 1.54) is 0 Å². The van der Waals surface area contributed by atoms with E-state index in [-0.39, 0.29) is 0 Å². The summed E-state index contributed by atoms with van der Waals surface area (Å²) in [5, 5.41) is 13.6. The molecule has 1 aliphatic rings. The molecule has 5 heteroatoms. The maximum Gasteiger partial charge on any atom is 0.168 e. The highest BCUT2D eigenvalue weighted by atomic mass is 16.5. The first-order valence-corrected chi connectivity index (χ1v) is 6.85. The molecule has 0 aromatic carbocycles. The standard InChI is InChI=1S/C14H22N2O3/c1-2-8-19-12-4-3-7-15-13(12)16-11-14(17)5-9-18-10-6-14/h3-4,7,17H,2,5-6,8-11H2,1H3,(H,15,16). The van der Waals surface area contributed by atoms with Gasteiger partial charge in [-0.3, -0.25) is 0 Å². The summed E-state index contributed by atoms with van der Waals surface area (Å²) in [5.41, 5.74) is -0.711. The fourth-order valence-electron chi connectivity index (χ4n) is 2.03. The van der Waals surface area contributed by atoms with Gasteiger partial charge in [0.05, 0.1) is 12.2 Å². The zero-order chi connectivity index (χ0) is 13.6. The number of ether oxygens (including phenoxy) is 2. The number of anilines is 1. The molecule has 0 amide bonds. The number of nitrogens with zero attached hydrogens (tertiary/aromatic N) is 1. The molecule has 2 N–H and O–H groups in total. The predicted molar refractivity (Wildman–Crippen MR) is 73.5 cm³/mol. The number of hydrogen-bond donors (Lipinski definition) is 2. The van der Waals surface area contributed by atoms with Crippen LogP contribution in [0.2, 0.25) is 0 Å². The fraction of sp³-hybridized carbons (Fsp3) is 0.643. The Morgan fingerprint density at radius 3 is 3.00 bits per heavy atom. The summed E-state index contributed by atoms with van der Waals surface area (Å²) in [6.07, 6.45) is 3.97. The minimum Gasteiger partial charge on any atom is -0.490 e. The Bertz CT molecular complexity index is 392. The van der Waals surface area contributed by atoms with Crippen molar-refractivity contribution in [3.05, 3.63) is 18.3 Å². The topological polar surface area (TPSA) is 63.6 Å². The first-order valence-electron chi connectivity index (χ1n) is 6.85. The average molecular weight is 266 g/mol. The fourth-order valence-corrected chi connectivity index (χ4v) is 2.03. The molecule has 0 spiro atoms. The molecule has 1 aromatic heterocycles. The number of pyridine rings is 1. The lowest BCUT2D eigenvalue weighted by Crippen LogP contribution is -2.42. The van der Waals surface area contributed by atoms with Gasteiger partial charge in [0.2, 0.25) is 0 Å². The monoisotopic (exact) mass is 266 g/mol. The average Bonchev–Trinajstić information content (AvgIpc) is 2.45. The van der Waals surface area contributed by atoms with Gasteiger partial charge in [0, 0.05) is 38.8 Å². The highest BCUT2D eigenvalue weighted by Crippen LogP contribution is 2.25. The largest absolute Gasteiger partial charge is 0.490 e. The molecule has 19 heavy (non-hydrogen) atoms. The van der Waals surface area contributed by atoms with Crippen LogP contribution in [-0.2, 0) is 4.74 Å². The van der Waals surface area contributed by atoms with E-state index in [2.05, 4.69) is 17.2 Å². The lowest BCUT2D eigenvalue weighted by atomic mass is 9.94. The summed E-state index contributed by atoms with van der Waals surface area (Å²) in [7, 11) is 0. The Kier molecular flexibility index (Phi) is 4.99. The van der Waals surface area contributed by atoms with Crippen molar-refractivity contribution in [3.63, 3.8) is 0 Å². The van der Waals surface area contributed by atoms with Crippen LogP contribution in [0.25, 0.3) is 0 Å². The summed E-state index contributed by atoms with van der Waals surface area (Å²) in [4.78, 5) is 4.27. The number of aromatic nitrogens is 1. The molecule has 1 aromatic rings. The smallest absolute Gasteiger partial charge is 0.168 e. The van der Waals surface area contributed by atoms with Crippen molar-refractivity contribution >= 4 is 5.82 Å². The molecule has 0 aliphatic carbocycles. The van der Waals surface area contributed by atoms with Crippen LogP contribution in [0.1, 0.15) is 26.2 Å². The Morgan fingerprint density at radius 1 is 1.47 bits per heavy atom. The van der Waals surface area contributed by atoms with Crippen LogP contribution in [0, 0.1) is 0 Å². The van der Waals surface area contributed by atoms with E-state index in [9.17, 15) is 5.11 Å². The molecule has 0 bridgehead atoms. The Balaban J connectivity index is 1.94. The lowest BCUT2D eigenvalue weighted by molar-refractivity contribution is -0.0544. The van der Waals surface area contributed by atoms with E-state index in [4.69, 9.17) is 9.47 Å². The van der Waals surface area contributed by atoms with Gasteiger partial charge in [0.15, 0.2) is 11.6 Å². The lowest BCUT2D eigenvalue weighted by Gasteiger charge is -2.32. The summed E-state index contributed by atoms with van der Waals surface area (Å²) in [5.74, 6) is 1.43. The third-order valence-corrected chi connectivity index (χ3v) is 3.24. The van der Waals surface area contributed by atoms with Crippen molar-refractivity contribution in [2.45, 2.75) is 31.8 Å². The molecule has 1 saturated heterocycles. The molecule has 1 fully saturated rings. The normalized spacial score (nSPS) is 18.0. The third-order valence-electron chi connectivity index (χ3n) is 3.24. The molecule has 0 atom stereocenters. The number of rotatable bonds is 6. The first-order chi connectivity index (χ1) is 9.23. The minimum absolute atomic E-state index is 0.468. The van der Waals surface area contributed by atoms with E-state index in [0.29, 0.717) is 45.0 Å². The highest BCUT2D eigenvalue weighted by Gasteiger charge is 2.29. The van der Waals surface area contributed by atoms with Gasteiger partial charge in [0.25, 0.3) is 0 Å². The van der Waals surface area contributed by atoms with E-state index in [1.54, 1.807) is 6.20 Å². The van der Waals surface area contributed by atoms with Crippen molar-refractivity contribution in [2.75, 3.05) is 31.7 Å². The summed E-state index contributed by atoms with van der Waals surface area (Å²) in [6, 6.07) is 3.73. The number of hydrogen-bond acceptors (Lipinski definition) is 5. The van der Waals surface area contributed by atoms with Gasteiger partial charge in [-0.2, -0.15) is 0 Å². The van der Waals surface area contributed by atoms with Crippen LogP contribution in [0.3, 0.4) is 0 Å². The van der Waals surface area contributed by atoms with Crippen LogP contribution >= 0.6 is 0 Å². The number of nitrogens with one attached hydrogen (secondary N) is 1. The molecule has 5 nitrogen and oxygen atoms in total. The molecule has 0 radical (unpaired) electrons. The van der Waals surface area contributed by atoms with Gasteiger partial charge in [-0.1, -0.05) is 6.92 Å². The second-order valence-electron chi connectivity index (χ2n) is 4.89. The van der Waals surface area contributed by atoms with Crippen LogP contribution in [-0.4, -0.2) is 42.1 Å². The Labute approximate surface area is 114 Å². The third kappa shape index (κ3) is 4.08. The summed E-state index contributed by atoms with van der Waals surface area (Å²) >= 11 is 0. The van der Waals surface area contributed by atoms with Crippen LogP contribution < -0.4 is 10.1 Å². The molecular formula is C14H22N2O3. The van der Waals surface area contributed by atoms with Gasteiger partial charge in [-0.25, -0.2) is 4.98 Å². The van der Waals surface area contributed by atoms with E-state index in [0.717, 1.165) is 12.2 Å². The van der Waals surface area contributed by atoms with E-state index >= 15 is 0 Å². The van der Waals surface area contributed by atoms with Crippen LogP contribution in [0.15, 0.2) is 18.3 Å². The van der Waals surface area contributed by atoms with E-state index < -0.39 is 5.60 Å². The van der Waals surface area contributed by atoms with Gasteiger partial charge >= 0.3 is 0 Å². The molecule has 2 heterocycles. The molecule has 2 rings (SSSR count). The molecule has 0 saturated carbocycles. The second-order valence-corrected chi connectivity index (χ2v) is 4.89. The van der Waals surface area contributed by atoms with E-state index in [1.807, 2.05) is 12.1 Å². The molecule has 1 aliphatic heterocycles. The molecular weight excluding hydrogens is 244 g/mol. The van der Waals surface area contributed by atoms with Gasteiger partial charge in [0.1, 0.15) is 0 Å². The van der Waals surface area contributed by atoms with Crippen LogP contribution in [0.5, 0.6) is 5.75 Å². The van der Waals surface area contributed by atoms with Gasteiger partial charge < -0.3 is 19.9 Å². The predicted octanol–water partition coefficient (Wildman–Crippen LogP) is 1.82. The van der Waals surface area contributed by atoms with Crippen molar-refractivity contribution < 1.29 is 14.6 Å². The summed E-state index contributed by atoms with van der Waals surface area (Å²) in [6.45, 7) is 4.42. The van der Waals surface area contributed by atoms with Gasteiger partial charge in [-0.05, 0) is 18.6 Å². The minimum atomic E-state index is -0.711. The highest BCUT2D eigenvalue weighted by molar-refractivity contribution is 5.49. The maximum atomic E-state index is 10.4. The van der Waals surface area contributed by atoms with Crippen molar-refractivity contribution in [1.29, 1.82) is 0 Å². The first kappa shape index (κ1) is 14.1. The zero-order valence-electron chi connectivity index (χ0n) is 11.4. The van der Waals surface area contributed by atoms with Crippen molar-refractivity contribution in [1.82, 2.24) is 4.98 Å². The Morgan fingerprint density at radius 2 is 2.26 bits per heavy atom. The van der Waals surface area contributed by atoms with Crippen molar-refractivity contribution in [3.8, 4) is 5.75 Å². The quantitative estimate of drug-likeness (QED) is 0.822. The molecule has 106 valence electrons. The zero-order valence-corrected chi connectivity index (χ0v) is 11.4. The SMILES string of the molecule is CCCOc1cccnc1NCC1(O)CCOCC1. The second kappa shape index (κ2) is 6.73. The Hall–Kier alpha value is -1.33. The van der Waals surface area contributed by atoms with Crippen molar-refractivity contribution in [2.24, 2.45) is 0 Å². The maximum absolute atomic E-state index is 10.4. The summed E-state index contributed by atoms with van der Waals surface area (Å²) < 4.78 is 10.9. The van der Waals surface area contributed by atoms with Crippen LogP contribution in [0.4, 0.5) is 5.82 Å².